The van der Waals surface area contributed by atoms with Gasteiger partial charge in [0.25, 0.3) is 0 Å². The number of hydrogen-bond acceptors (Lipinski definition) is 3. The molecule has 0 unspecified atom stereocenters. The standard InChI is InChI=1S/C12H11ClN4O/c1-8-3-2-4-9(7-8)15-12(18)17-10-5-6-14-11(13)16-10/h2-7H,1H3,(H2,14,15,16,17,18). The van der Waals surface area contributed by atoms with E-state index in [1.807, 2.05) is 25.1 Å². The van der Waals surface area contributed by atoms with Crippen molar-refractivity contribution in [2.24, 2.45) is 0 Å². The second-order valence-electron chi connectivity index (χ2n) is 3.66. The van der Waals surface area contributed by atoms with Crippen molar-refractivity contribution in [3.8, 4) is 0 Å². The van der Waals surface area contributed by atoms with E-state index in [0.29, 0.717) is 11.5 Å². The van der Waals surface area contributed by atoms with Gasteiger partial charge in [-0.3, -0.25) is 5.32 Å². The lowest BCUT2D eigenvalue weighted by Crippen LogP contribution is -2.20. The molecule has 0 fully saturated rings. The van der Waals surface area contributed by atoms with Crippen molar-refractivity contribution in [2.75, 3.05) is 10.6 Å². The highest BCUT2D eigenvalue weighted by atomic mass is 35.5. The van der Waals surface area contributed by atoms with Crippen LogP contribution in [-0.4, -0.2) is 16.0 Å². The summed E-state index contributed by atoms with van der Waals surface area (Å²) in [4.78, 5) is 19.3. The number of rotatable bonds is 2. The Bertz CT molecular complexity index is 524. The van der Waals surface area contributed by atoms with Crippen molar-refractivity contribution in [1.82, 2.24) is 9.97 Å². The minimum absolute atomic E-state index is 0.0864. The highest BCUT2D eigenvalue weighted by molar-refractivity contribution is 6.28. The van der Waals surface area contributed by atoms with Gasteiger partial charge in [-0.05, 0) is 42.3 Å². The van der Waals surface area contributed by atoms with Gasteiger partial charge in [0.2, 0.25) is 5.28 Å². The largest absolute Gasteiger partial charge is 0.324 e. The van der Waals surface area contributed by atoms with Crippen molar-refractivity contribution in [3.05, 3.63) is 47.4 Å². The van der Waals surface area contributed by atoms with Gasteiger partial charge in [0, 0.05) is 11.9 Å². The number of carbonyl (C=O) groups is 1. The third kappa shape index (κ3) is 3.43. The van der Waals surface area contributed by atoms with Crippen LogP contribution in [0.15, 0.2) is 36.5 Å². The number of aromatic nitrogens is 2. The average molecular weight is 263 g/mol. The molecule has 0 saturated heterocycles. The van der Waals surface area contributed by atoms with E-state index in [0.717, 1.165) is 5.56 Å². The molecule has 0 spiro atoms. The smallest absolute Gasteiger partial charge is 0.308 e. The minimum Gasteiger partial charge on any atom is -0.308 e. The summed E-state index contributed by atoms with van der Waals surface area (Å²) in [6, 6.07) is 8.67. The quantitative estimate of drug-likeness (QED) is 0.818. The van der Waals surface area contributed by atoms with E-state index >= 15 is 0 Å². The maximum Gasteiger partial charge on any atom is 0.324 e. The zero-order valence-electron chi connectivity index (χ0n) is 9.64. The molecule has 2 aromatic rings. The Morgan fingerprint density at radius 3 is 2.83 bits per heavy atom. The molecular formula is C12H11ClN4O. The van der Waals surface area contributed by atoms with Crippen LogP contribution in [0.3, 0.4) is 0 Å². The molecule has 0 saturated carbocycles. The van der Waals surface area contributed by atoms with E-state index in [-0.39, 0.29) is 11.3 Å². The van der Waals surface area contributed by atoms with Gasteiger partial charge in [-0.1, -0.05) is 12.1 Å². The van der Waals surface area contributed by atoms with Crippen LogP contribution in [-0.2, 0) is 0 Å². The molecule has 0 atom stereocenters. The molecule has 0 radical (unpaired) electrons. The molecule has 0 aliphatic heterocycles. The summed E-state index contributed by atoms with van der Waals surface area (Å²) in [5.74, 6) is 0.347. The maximum absolute atomic E-state index is 11.7. The van der Waals surface area contributed by atoms with Crippen LogP contribution in [0, 0.1) is 6.92 Å². The normalized spacial score (nSPS) is 9.89. The number of carbonyl (C=O) groups excluding carboxylic acids is 1. The minimum atomic E-state index is -0.379. The van der Waals surface area contributed by atoms with E-state index in [2.05, 4.69) is 20.6 Å². The molecule has 2 N–H and O–H groups in total. The molecule has 0 bridgehead atoms. The van der Waals surface area contributed by atoms with Crippen molar-refractivity contribution < 1.29 is 4.79 Å². The molecule has 0 aliphatic rings. The second kappa shape index (κ2) is 5.46. The summed E-state index contributed by atoms with van der Waals surface area (Å²) in [5.41, 5.74) is 1.78. The van der Waals surface area contributed by atoms with Crippen molar-refractivity contribution in [3.63, 3.8) is 0 Å². The fourth-order valence-electron chi connectivity index (χ4n) is 1.41. The zero-order chi connectivity index (χ0) is 13.0. The Kier molecular flexibility index (Phi) is 3.74. The summed E-state index contributed by atoms with van der Waals surface area (Å²) in [6.45, 7) is 1.95. The number of urea groups is 1. The Morgan fingerprint density at radius 2 is 2.11 bits per heavy atom. The van der Waals surface area contributed by atoms with Gasteiger partial charge in [-0.2, -0.15) is 0 Å². The van der Waals surface area contributed by atoms with Crippen LogP contribution in [0.25, 0.3) is 0 Å². The highest BCUT2D eigenvalue weighted by Crippen LogP contribution is 2.11. The summed E-state index contributed by atoms with van der Waals surface area (Å²) in [6.07, 6.45) is 1.47. The summed E-state index contributed by atoms with van der Waals surface area (Å²) < 4.78 is 0. The molecule has 1 aromatic heterocycles. The fraction of sp³-hybridized carbons (Fsp3) is 0.0833. The van der Waals surface area contributed by atoms with E-state index < -0.39 is 0 Å². The highest BCUT2D eigenvalue weighted by Gasteiger charge is 2.04. The first-order valence-electron chi connectivity index (χ1n) is 5.27. The third-order valence-electron chi connectivity index (χ3n) is 2.14. The molecular weight excluding hydrogens is 252 g/mol. The Balaban J connectivity index is 2.01. The lowest BCUT2D eigenvalue weighted by atomic mass is 10.2. The van der Waals surface area contributed by atoms with Gasteiger partial charge in [0.15, 0.2) is 0 Å². The molecule has 2 amide bonds. The Labute approximate surface area is 109 Å². The topological polar surface area (TPSA) is 66.9 Å². The van der Waals surface area contributed by atoms with Crippen LogP contribution in [0.1, 0.15) is 5.56 Å². The number of amides is 2. The van der Waals surface area contributed by atoms with Gasteiger partial charge in [0.1, 0.15) is 5.82 Å². The molecule has 1 heterocycles. The monoisotopic (exact) mass is 262 g/mol. The lowest BCUT2D eigenvalue weighted by molar-refractivity contribution is 0.262. The van der Waals surface area contributed by atoms with Crippen molar-refractivity contribution in [2.45, 2.75) is 6.92 Å². The van der Waals surface area contributed by atoms with Crippen molar-refractivity contribution in [1.29, 1.82) is 0 Å². The second-order valence-corrected chi connectivity index (χ2v) is 4.00. The molecule has 92 valence electrons. The summed E-state index contributed by atoms with van der Waals surface area (Å²) in [7, 11) is 0. The average Bonchev–Trinajstić information content (AvgIpc) is 2.28. The molecule has 5 nitrogen and oxygen atoms in total. The van der Waals surface area contributed by atoms with Crippen LogP contribution in [0.5, 0.6) is 0 Å². The van der Waals surface area contributed by atoms with Crippen LogP contribution < -0.4 is 10.6 Å². The van der Waals surface area contributed by atoms with Gasteiger partial charge in [0.05, 0.1) is 0 Å². The molecule has 6 heteroatoms. The first-order valence-corrected chi connectivity index (χ1v) is 5.64. The van der Waals surface area contributed by atoms with Crippen molar-refractivity contribution >= 4 is 29.1 Å². The van der Waals surface area contributed by atoms with Gasteiger partial charge in [-0.25, -0.2) is 14.8 Å². The van der Waals surface area contributed by atoms with Crippen LogP contribution in [0.4, 0.5) is 16.3 Å². The van der Waals surface area contributed by atoms with Gasteiger partial charge in [-0.15, -0.1) is 0 Å². The van der Waals surface area contributed by atoms with E-state index in [1.165, 1.54) is 6.20 Å². The number of nitrogens with zero attached hydrogens (tertiary/aromatic N) is 2. The lowest BCUT2D eigenvalue weighted by Gasteiger charge is -2.07. The van der Waals surface area contributed by atoms with E-state index in [4.69, 9.17) is 11.6 Å². The summed E-state index contributed by atoms with van der Waals surface area (Å²) in [5, 5.41) is 5.35. The molecule has 0 aliphatic carbocycles. The fourth-order valence-corrected chi connectivity index (χ4v) is 1.55. The summed E-state index contributed by atoms with van der Waals surface area (Å²) >= 11 is 5.62. The number of hydrogen-bond donors (Lipinski definition) is 2. The number of halogens is 1. The zero-order valence-corrected chi connectivity index (χ0v) is 10.4. The Morgan fingerprint density at radius 1 is 1.28 bits per heavy atom. The number of aryl methyl sites for hydroxylation is 1. The van der Waals surface area contributed by atoms with Crippen LogP contribution >= 0.6 is 11.6 Å². The van der Waals surface area contributed by atoms with E-state index in [1.54, 1.807) is 12.1 Å². The molecule has 18 heavy (non-hydrogen) atoms. The molecule has 2 rings (SSSR count). The van der Waals surface area contributed by atoms with Gasteiger partial charge >= 0.3 is 6.03 Å². The van der Waals surface area contributed by atoms with Gasteiger partial charge < -0.3 is 5.32 Å². The predicted molar refractivity (Wildman–Crippen MR) is 70.9 cm³/mol. The molecule has 1 aromatic carbocycles. The van der Waals surface area contributed by atoms with E-state index in [9.17, 15) is 4.79 Å². The number of benzene rings is 1. The predicted octanol–water partition coefficient (Wildman–Crippen LogP) is 3.08. The SMILES string of the molecule is Cc1cccc(NC(=O)Nc2ccnc(Cl)n2)c1. The maximum atomic E-state index is 11.7. The van der Waals surface area contributed by atoms with Crippen LogP contribution in [0.2, 0.25) is 5.28 Å². The Hall–Kier alpha value is -2.14. The first kappa shape index (κ1) is 12.3. The number of nitrogens with one attached hydrogen (secondary N) is 2. The first-order chi connectivity index (χ1) is 8.63. The third-order valence-corrected chi connectivity index (χ3v) is 2.33. The number of anilines is 2.